The Bertz CT molecular complexity index is 1260. The molecule has 2 heterocycles. The summed E-state index contributed by atoms with van der Waals surface area (Å²) in [6.07, 6.45) is 3.16. The van der Waals surface area contributed by atoms with Crippen LogP contribution in [0.5, 0.6) is 5.75 Å². The standard InChI is InChI=1S/C25H23N3O3/c1-3-31-22-8-9-23-19(15-22)14-20(24(29)27-23)16-28(21-6-4-17(2)5-7-21)25(30)18-10-12-26-13-11-18/h4-15H,3,16H2,1-2H3,(H,27,29). The van der Waals surface area contributed by atoms with Gasteiger partial charge in [-0.25, -0.2) is 0 Å². The van der Waals surface area contributed by atoms with Gasteiger partial charge in [0.05, 0.1) is 13.2 Å². The molecular weight excluding hydrogens is 390 g/mol. The average Bonchev–Trinajstić information content (AvgIpc) is 2.79. The molecule has 0 atom stereocenters. The first kappa shape index (κ1) is 20.3. The lowest BCUT2D eigenvalue weighted by Gasteiger charge is -2.23. The third-order valence-corrected chi connectivity index (χ3v) is 5.05. The second-order valence-corrected chi connectivity index (χ2v) is 7.27. The molecule has 0 radical (unpaired) electrons. The van der Waals surface area contributed by atoms with Crippen LogP contribution in [0.1, 0.15) is 28.4 Å². The van der Waals surface area contributed by atoms with Crippen molar-refractivity contribution < 1.29 is 9.53 Å². The Hall–Kier alpha value is -3.93. The number of carbonyl (C=O) groups excluding carboxylic acids is 1. The molecule has 31 heavy (non-hydrogen) atoms. The van der Waals surface area contributed by atoms with Gasteiger partial charge >= 0.3 is 0 Å². The van der Waals surface area contributed by atoms with Gasteiger partial charge in [-0.2, -0.15) is 0 Å². The lowest BCUT2D eigenvalue weighted by Crippen LogP contribution is -2.32. The smallest absolute Gasteiger partial charge is 0.258 e. The molecule has 6 heteroatoms. The van der Waals surface area contributed by atoms with Gasteiger partial charge in [-0.1, -0.05) is 17.7 Å². The summed E-state index contributed by atoms with van der Waals surface area (Å²) in [5.74, 6) is 0.532. The highest BCUT2D eigenvalue weighted by atomic mass is 16.5. The summed E-state index contributed by atoms with van der Waals surface area (Å²) >= 11 is 0. The Kier molecular flexibility index (Phi) is 5.80. The van der Waals surface area contributed by atoms with E-state index in [2.05, 4.69) is 9.97 Å². The molecule has 6 nitrogen and oxygen atoms in total. The van der Waals surface area contributed by atoms with Crippen molar-refractivity contribution in [3.05, 3.63) is 100 Å². The summed E-state index contributed by atoms with van der Waals surface area (Å²) in [5.41, 5.74) is 3.30. The maximum atomic E-state index is 13.3. The second-order valence-electron chi connectivity index (χ2n) is 7.27. The molecule has 0 aliphatic heterocycles. The minimum absolute atomic E-state index is 0.133. The maximum absolute atomic E-state index is 13.3. The molecule has 0 aliphatic rings. The molecule has 4 aromatic rings. The highest BCUT2D eigenvalue weighted by molar-refractivity contribution is 6.06. The third-order valence-electron chi connectivity index (χ3n) is 5.05. The number of ether oxygens (including phenoxy) is 1. The lowest BCUT2D eigenvalue weighted by molar-refractivity contribution is 0.0985. The SMILES string of the molecule is CCOc1ccc2[nH]c(=O)c(CN(C(=O)c3ccncc3)c3ccc(C)cc3)cc2c1. The van der Waals surface area contributed by atoms with Crippen molar-refractivity contribution in [2.45, 2.75) is 20.4 Å². The van der Waals surface area contributed by atoms with Crippen molar-refractivity contribution in [2.24, 2.45) is 0 Å². The van der Waals surface area contributed by atoms with E-state index < -0.39 is 0 Å². The van der Waals surface area contributed by atoms with Crippen molar-refractivity contribution in [3.8, 4) is 5.75 Å². The number of fused-ring (bicyclic) bond motifs is 1. The molecule has 0 spiro atoms. The molecule has 4 rings (SSSR count). The normalized spacial score (nSPS) is 10.8. The molecular formula is C25H23N3O3. The number of hydrogen-bond donors (Lipinski definition) is 1. The first-order valence-electron chi connectivity index (χ1n) is 10.1. The van der Waals surface area contributed by atoms with E-state index in [-0.39, 0.29) is 18.0 Å². The number of carbonyl (C=O) groups is 1. The van der Waals surface area contributed by atoms with Crippen LogP contribution < -0.4 is 15.2 Å². The summed E-state index contributed by atoms with van der Waals surface area (Å²) in [7, 11) is 0. The van der Waals surface area contributed by atoms with Gasteiger partial charge in [-0.15, -0.1) is 0 Å². The Morgan fingerprint density at radius 2 is 1.77 bits per heavy atom. The molecule has 0 aliphatic carbocycles. The van der Waals surface area contributed by atoms with Crippen LogP contribution in [0.25, 0.3) is 10.9 Å². The number of aromatic amines is 1. The molecule has 2 aromatic carbocycles. The molecule has 2 aromatic heterocycles. The molecule has 0 saturated carbocycles. The highest BCUT2D eigenvalue weighted by Gasteiger charge is 2.20. The largest absolute Gasteiger partial charge is 0.494 e. The fourth-order valence-electron chi connectivity index (χ4n) is 3.43. The second kappa shape index (κ2) is 8.83. The molecule has 0 saturated heterocycles. The first-order valence-corrected chi connectivity index (χ1v) is 10.1. The molecule has 1 amide bonds. The van der Waals surface area contributed by atoms with Crippen molar-refractivity contribution in [1.29, 1.82) is 0 Å². The van der Waals surface area contributed by atoms with E-state index in [9.17, 15) is 9.59 Å². The number of nitrogens with one attached hydrogen (secondary N) is 1. The number of amides is 1. The number of nitrogens with zero attached hydrogens (tertiary/aromatic N) is 2. The number of aryl methyl sites for hydroxylation is 1. The van der Waals surface area contributed by atoms with E-state index >= 15 is 0 Å². The zero-order chi connectivity index (χ0) is 21.8. The van der Waals surface area contributed by atoms with Crippen molar-refractivity contribution in [2.75, 3.05) is 11.5 Å². The number of benzene rings is 2. The molecule has 1 N–H and O–H groups in total. The van der Waals surface area contributed by atoms with Gasteiger partial charge in [0.15, 0.2) is 0 Å². The zero-order valence-electron chi connectivity index (χ0n) is 17.5. The van der Waals surface area contributed by atoms with E-state index in [4.69, 9.17) is 4.74 Å². The predicted molar refractivity (Wildman–Crippen MR) is 122 cm³/mol. The van der Waals surface area contributed by atoms with E-state index in [0.717, 1.165) is 27.9 Å². The van der Waals surface area contributed by atoms with Gasteiger partial charge in [0.25, 0.3) is 11.5 Å². The van der Waals surface area contributed by atoms with Crippen LogP contribution in [0.2, 0.25) is 0 Å². The number of aromatic nitrogens is 2. The predicted octanol–water partition coefficient (Wildman–Crippen LogP) is 4.48. The average molecular weight is 413 g/mol. The van der Waals surface area contributed by atoms with E-state index in [0.29, 0.717) is 17.7 Å². The molecule has 156 valence electrons. The van der Waals surface area contributed by atoms with Crippen molar-refractivity contribution >= 4 is 22.5 Å². The summed E-state index contributed by atoms with van der Waals surface area (Å²) < 4.78 is 5.58. The van der Waals surface area contributed by atoms with Gasteiger partial charge in [-0.05, 0) is 62.4 Å². The fourth-order valence-corrected chi connectivity index (χ4v) is 3.43. The lowest BCUT2D eigenvalue weighted by atomic mass is 10.1. The molecule has 0 bridgehead atoms. The Morgan fingerprint density at radius 3 is 2.48 bits per heavy atom. The van der Waals surface area contributed by atoms with Crippen LogP contribution in [0.15, 0.2) is 77.9 Å². The first-order chi connectivity index (χ1) is 15.0. The molecule has 0 fully saturated rings. The third kappa shape index (κ3) is 4.48. The summed E-state index contributed by atoms with van der Waals surface area (Å²) in [6, 6.07) is 18.4. The van der Waals surface area contributed by atoms with E-state index in [1.807, 2.05) is 62.4 Å². The number of hydrogen-bond acceptors (Lipinski definition) is 4. The van der Waals surface area contributed by atoms with Crippen LogP contribution >= 0.6 is 0 Å². The Labute approximate surface area is 180 Å². The van der Waals surface area contributed by atoms with Gasteiger partial charge in [0.1, 0.15) is 5.75 Å². The van der Waals surface area contributed by atoms with Crippen LogP contribution in [-0.2, 0) is 6.54 Å². The topological polar surface area (TPSA) is 75.3 Å². The maximum Gasteiger partial charge on any atom is 0.258 e. The fraction of sp³-hybridized carbons (Fsp3) is 0.160. The van der Waals surface area contributed by atoms with Crippen molar-refractivity contribution in [3.63, 3.8) is 0 Å². The Morgan fingerprint density at radius 1 is 1.03 bits per heavy atom. The van der Waals surface area contributed by atoms with E-state index in [1.165, 1.54) is 0 Å². The van der Waals surface area contributed by atoms with Gasteiger partial charge in [0, 0.05) is 40.1 Å². The van der Waals surface area contributed by atoms with Crippen LogP contribution in [0.3, 0.4) is 0 Å². The van der Waals surface area contributed by atoms with Gasteiger partial charge < -0.3 is 14.6 Å². The highest BCUT2D eigenvalue weighted by Crippen LogP contribution is 2.23. The quantitative estimate of drug-likeness (QED) is 0.506. The van der Waals surface area contributed by atoms with Crippen LogP contribution in [-0.4, -0.2) is 22.5 Å². The van der Waals surface area contributed by atoms with Gasteiger partial charge in [0.2, 0.25) is 0 Å². The Balaban J connectivity index is 1.76. The van der Waals surface area contributed by atoms with Crippen LogP contribution in [0, 0.1) is 6.92 Å². The number of rotatable bonds is 6. The minimum atomic E-state index is -0.226. The summed E-state index contributed by atoms with van der Waals surface area (Å²) in [6.45, 7) is 4.60. The van der Waals surface area contributed by atoms with Gasteiger partial charge in [-0.3, -0.25) is 14.6 Å². The van der Waals surface area contributed by atoms with Crippen molar-refractivity contribution in [1.82, 2.24) is 9.97 Å². The van der Waals surface area contributed by atoms with E-state index in [1.54, 1.807) is 29.4 Å². The summed E-state index contributed by atoms with van der Waals surface area (Å²) in [5, 5.41) is 0.848. The van der Waals surface area contributed by atoms with Crippen LogP contribution in [0.4, 0.5) is 5.69 Å². The number of anilines is 1. The number of pyridine rings is 2. The number of H-pyrrole nitrogens is 1. The monoisotopic (exact) mass is 413 g/mol. The minimum Gasteiger partial charge on any atom is -0.494 e. The summed E-state index contributed by atoms with van der Waals surface area (Å²) in [4.78, 5) is 34.6. The molecule has 0 unspecified atom stereocenters. The zero-order valence-corrected chi connectivity index (χ0v) is 17.5.